The van der Waals surface area contributed by atoms with Gasteiger partial charge in [-0.1, -0.05) is 34.6 Å². The van der Waals surface area contributed by atoms with E-state index in [2.05, 4.69) is 39.9 Å². The van der Waals surface area contributed by atoms with E-state index in [9.17, 15) is 5.11 Å². The summed E-state index contributed by atoms with van der Waals surface area (Å²) in [5.74, 6) is 0.799. The highest BCUT2D eigenvalue weighted by Crippen LogP contribution is 2.66. The number of nitrogens with one attached hydrogen (secondary N) is 1. The Balaban J connectivity index is 1.82. The maximum Gasteiger partial charge on any atom is 0.0897 e. The average Bonchev–Trinajstić information content (AvgIpc) is 2.66. The molecular formula is C16H31NO2. The molecule has 2 aliphatic rings. The smallest absolute Gasteiger partial charge is 0.0897 e. The summed E-state index contributed by atoms with van der Waals surface area (Å²) in [5, 5.41) is 13.2. The summed E-state index contributed by atoms with van der Waals surface area (Å²) in [4.78, 5) is 0. The van der Waals surface area contributed by atoms with Crippen LogP contribution in [0, 0.1) is 16.7 Å². The molecule has 0 unspecified atom stereocenters. The number of ether oxygens (including phenoxy) is 1. The molecule has 19 heavy (non-hydrogen) atoms. The predicted octanol–water partition coefficient (Wildman–Crippen LogP) is 2.58. The molecular weight excluding hydrogens is 238 g/mol. The monoisotopic (exact) mass is 269 g/mol. The van der Waals surface area contributed by atoms with Crippen molar-refractivity contribution in [2.45, 2.75) is 72.1 Å². The molecule has 2 rings (SSSR count). The molecule has 0 aromatic rings. The third kappa shape index (κ3) is 2.70. The van der Waals surface area contributed by atoms with Crippen molar-refractivity contribution in [1.82, 2.24) is 5.32 Å². The maximum atomic E-state index is 9.96. The fourth-order valence-corrected chi connectivity index (χ4v) is 4.04. The summed E-state index contributed by atoms with van der Waals surface area (Å²) in [5.41, 5.74) is 0.682. The quantitative estimate of drug-likeness (QED) is 0.779. The minimum atomic E-state index is -0.395. The van der Waals surface area contributed by atoms with E-state index in [-0.39, 0.29) is 0 Å². The topological polar surface area (TPSA) is 41.5 Å². The Hall–Kier alpha value is -0.120. The van der Waals surface area contributed by atoms with Crippen molar-refractivity contribution in [3.63, 3.8) is 0 Å². The van der Waals surface area contributed by atoms with Gasteiger partial charge in [0, 0.05) is 12.6 Å². The maximum absolute atomic E-state index is 9.96. The molecule has 0 amide bonds. The van der Waals surface area contributed by atoms with Gasteiger partial charge in [0.05, 0.1) is 18.8 Å². The van der Waals surface area contributed by atoms with Crippen LogP contribution >= 0.6 is 0 Å². The van der Waals surface area contributed by atoms with Gasteiger partial charge in [0.25, 0.3) is 0 Å². The van der Waals surface area contributed by atoms with Crippen LogP contribution in [0.4, 0.5) is 0 Å². The van der Waals surface area contributed by atoms with E-state index in [1.54, 1.807) is 0 Å². The van der Waals surface area contributed by atoms with Crippen molar-refractivity contribution in [3.8, 4) is 0 Å². The van der Waals surface area contributed by atoms with Crippen LogP contribution in [0.1, 0.15) is 53.9 Å². The van der Waals surface area contributed by atoms with Crippen LogP contribution < -0.4 is 5.32 Å². The molecule has 3 heteroatoms. The van der Waals surface area contributed by atoms with Crippen LogP contribution in [-0.2, 0) is 4.74 Å². The van der Waals surface area contributed by atoms with Gasteiger partial charge in [-0.3, -0.25) is 0 Å². The van der Waals surface area contributed by atoms with E-state index in [0.29, 0.717) is 36.1 Å². The van der Waals surface area contributed by atoms with Crippen LogP contribution in [0.25, 0.3) is 0 Å². The fraction of sp³-hybridized carbons (Fsp3) is 1.00. The minimum absolute atomic E-state index is 0.295. The van der Waals surface area contributed by atoms with Gasteiger partial charge in [-0.2, -0.15) is 0 Å². The lowest BCUT2D eigenvalue weighted by Crippen LogP contribution is -2.40. The molecule has 112 valence electrons. The molecule has 0 aliphatic heterocycles. The van der Waals surface area contributed by atoms with Crippen LogP contribution in [0.2, 0.25) is 0 Å². The lowest BCUT2D eigenvalue weighted by molar-refractivity contribution is -0.0743. The zero-order valence-electron chi connectivity index (χ0n) is 13.2. The van der Waals surface area contributed by atoms with Gasteiger partial charge < -0.3 is 15.2 Å². The summed E-state index contributed by atoms with van der Waals surface area (Å²) in [6, 6.07) is 0.411. The Morgan fingerprint density at radius 2 is 2.00 bits per heavy atom. The minimum Gasteiger partial charge on any atom is -0.389 e. The molecule has 0 heterocycles. The SMILES string of the molecule is CC(C)NC[C@@H](O)CO[C@@H]1C[C@H]2CC[C@@]1(C)C2(C)C. The fourth-order valence-electron chi connectivity index (χ4n) is 4.04. The van der Waals surface area contributed by atoms with E-state index < -0.39 is 6.10 Å². The van der Waals surface area contributed by atoms with Crippen LogP contribution in [0.3, 0.4) is 0 Å². The van der Waals surface area contributed by atoms with Gasteiger partial charge in [0.15, 0.2) is 0 Å². The van der Waals surface area contributed by atoms with E-state index in [1.807, 2.05) is 0 Å². The lowest BCUT2D eigenvalue weighted by atomic mass is 9.70. The second-order valence-corrected chi connectivity index (χ2v) is 7.65. The molecule has 2 saturated carbocycles. The average molecular weight is 269 g/mol. The van der Waals surface area contributed by atoms with Crippen LogP contribution in [0.5, 0.6) is 0 Å². The largest absolute Gasteiger partial charge is 0.389 e. The zero-order valence-corrected chi connectivity index (χ0v) is 13.2. The summed E-state index contributed by atoms with van der Waals surface area (Å²) >= 11 is 0. The van der Waals surface area contributed by atoms with Crippen LogP contribution in [-0.4, -0.2) is 36.5 Å². The molecule has 0 aromatic heterocycles. The summed E-state index contributed by atoms with van der Waals surface area (Å²) < 4.78 is 6.08. The van der Waals surface area contributed by atoms with Gasteiger partial charge >= 0.3 is 0 Å². The summed E-state index contributed by atoms with van der Waals surface area (Å²) in [6.07, 6.45) is 3.73. The molecule has 0 radical (unpaired) electrons. The van der Waals surface area contributed by atoms with Gasteiger partial charge in [-0.15, -0.1) is 0 Å². The van der Waals surface area contributed by atoms with Gasteiger partial charge in [0.2, 0.25) is 0 Å². The van der Waals surface area contributed by atoms with E-state index in [4.69, 9.17) is 4.74 Å². The number of aliphatic hydroxyl groups is 1. The van der Waals surface area contributed by atoms with Gasteiger partial charge in [0.1, 0.15) is 0 Å². The third-order valence-corrected chi connectivity index (χ3v) is 5.97. The summed E-state index contributed by atoms with van der Waals surface area (Å²) in [6.45, 7) is 12.4. The van der Waals surface area contributed by atoms with E-state index in [1.165, 1.54) is 19.3 Å². The summed E-state index contributed by atoms with van der Waals surface area (Å²) in [7, 11) is 0. The van der Waals surface area contributed by atoms with Crippen molar-refractivity contribution < 1.29 is 9.84 Å². The number of rotatable bonds is 6. The Morgan fingerprint density at radius 1 is 1.32 bits per heavy atom. The Bertz CT molecular complexity index is 316. The highest BCUT2D eigenvalue weighted by Gasteiger charge is 2.61. The molecule has 2 bridgehead atoms. The van der Waals surface area contributed by atoms with E-state index in [0.717, 1.165) is 5.92 Å². The zero-order chi connectivity index (χ0) is 14.3. The number of hydrogen-bond donors (Lipinski definition) is 2. The highest BCUT2D eigenvalue weighted by atomic mass is 16.5. The predicted molar refractivity (Wildman–Crippen MR) is 78.1 cm³/mol. The molecule has 2 fully saturated rings. The second-order valence-electron chi connectivity index (χ2n) is 7.65. The number of aliphatic hydroxyl groups excluding tert-OH is 1. The molecule has 3 nitrogen and oxygen atoms in total. The Labute approximate surface area is 118 Å². The molecule has 0 saturated heterocycles. The molecule has 2 aliphatic carbocycles. The highest BCUT2D eigenvalue weighted by molar-refractivity contribution is 5.11. The first kappa shape index (κ1) is 15.3. The van der Waals surface area contributed by atoms with Crippen molar-refractivity contribution in [2.75, 3.05) is 13.2 Å². The first-order valence-corrected chi connectivity index (χ1v) is 7.80. The molecule has 0 spiro atoms. The third-order valence-electron chi connectivity index (χ3n) is 5.97. The second kappa shape index (κ2) is 5.34. The van der Waals surface area contributed by atoms with Crippen molar-refractivity contribution in [3.05, 3.63) is 0 Å². The number of fused-ring (bicyclic) bond motifs is 2. The lowest BCUT2D eigenvalue weighted by Gasteiger charge is -2.39. The number of hydrogen-bond acceptors (Lipinski definition) is 3. The standard InChI is InChI=1S/C16H31NO2/c1-11(2)17-9-13(18)10-19-14-8-12-6-7-16(14,5)15(12,3)4/h11-14,17-18H,6-10H2,1-5H3/t12-,13-,14-,16-/m1/s1. The van der Waals surface area contributed by atoms with Crippen molar-refractivity contribution in [2.24, 2.45) is 16.7 Å². The first-order valence-electron chi connectivity index (χ1n) is 7.80. The normalized spacial score (nSPS) is 38.1. The van der Waals surface area contributed by atoms with Gasteiger partial charge in [-0.05, 0) is 36.0 Å². The van der Waals surface area contributed by atoms with Crippen molar-refractivity contribution >= 4 is 0 Å². The first-order chi connectivity index (χ1) is 8.77. The van der Waals surface area contributed by atoms with Crippen LogP contribution in [0.15, 0.2) is 0 Å². The molecule has 0 aromatic carbocycles. The Kier molecular flexibility index (Phi) is 4.29. The molecule has 2 N–H and O–H groups in total. The Morgan fingerprint density at radius 3 is 2.47 bits per heavy atom. The van der Waals surface area contributed by atoms with Gasteiger partial charge in [-0.25, -0.2) is 0 Å². The molecule has 4 atom stereocenters. The van der Waals surface area contributed by atoms with Crippen molar-refractivity contribution in [1.29, 1.82) is 0 Å². The van der Waals surface area contributed by atoms with E-state index >= 15 is 0 Å².